The van der Waals surface area contributed by atoms with Crippen LogP contribution in [0.4, 0.5) is 11.4 Å². The first-order chi connectivity index (χ1) is 11.1. The number of nitro groups is 1. The van der Waals surface area contributed by atoms with E-state index in [1.807, 2.05) is 0 Å². The molecule has 0 aliphatic heterocycles. The van der Waals surface area contributed by atoms with Crippen molar-refractivity contribution < 1.29 is 18.1 Å². The van der Waals surface area contributed by atoms with Gasteiger partial charge in [0.25, 0.3) is 15.7 Å². The third kappa shape index (κ3) is 3.35. The summed E-state index contributed by atoms with van der Waals surface area (Å²) in [6.45, 7) is 3.07. The van der Waals surface area contributed by atoms with Crippen molar-refractivity contribution in [1.82, 2.24) is 0 Å². The maximum absolute atomic E-state index is 12.5. The third-order valence-electron chi connectivity index (χ3n) is 3.53. The second-order valence-electron chi connectivity index (χ2n) is 5.15. The monoisotopic (exact) mass is 349 g/mol. The van der Waals surface area contributed by atoms with Crippen molar-refractivity contribution in [2.45, 2.75) is 18.7 Å². The minimum Gasteiger partial charge on any atom is -0.366 e. The Morgan fingerprint density at radius 1 is 1.21 bits per heavy atom. The molecule has 2 rings (SSSR count). The molecule has 0 aliphatic carbocycles. The lowest BCUT2D eigenvalue weighted by Crippen LogP contribution is -2.17. The van der Waals surface area contributed by atoms with E-state index in [9.17, 15) is 23.3 Å². The van der Waals surface area contributed by atoms with Crippen LogP contribution in [0.15, 0.2) is 41.3 Å². The maximum atomic E-state index is 12.5. The van der Waals surface area contributed by atoms with Gasteiger partial charge in [-0.05, 0) is 37.6 Å². The van der Waals surface area contributed by atoms with Crippen LogP contribution in [0.5, 0.6) is 0 Å². The minimum absolute atomic E-state index is 0.175. The molecule has 0 heterocycles. The number of nitrogens with one attached hydrogen (secondary N) is 1. The summed E-state index contributed by atoms with van der Waals surface area (Å²) >= 11 is 0. The lowest BCUT2D eigenvalue weighted by molar-refractivity contribution is -0.385. The van der Waals surface area contributed by atoms with Crippen LogP contribution in [-0.4, -0.2) is 19.2 Å². The molecular formula is C15H15N3O5S. The number of nitrogens with zero attached hydrogens (tertiary/aromatic N) is 1. The van der Waals surface area contributed by atoms with Gasteiger partial charge in [-0.2, -0.15) is 0 Å². The molecule has 1 amide bonds. The average molecular weight is 349 g/mol. The summed E-state index contributed by atoms with van der Waals surface area (Å²) in [6.07, 6.45) is 0. The van der Waals surface area contributed by atoms with E-state index in [1.165, 1.54) is 37.3 Å². The number of amides is 1. The van der Waals surface area contributed by atoms with Gasteiger partial charge in [0.1, 0.15) is 0 Å². The van der Waals surface area contributed by atoms with Crippen molar-refractivity contribution in [2.24, 2.45) is 5.73 Å². The van der Waals surface area contributed by atoms with E-state index in [4.69, 9.17) is 5.73 Å². The molecule has 24 heavy (non-hydrogen) atoms. The Morgan fingerprint density at radius 2 is 1.88 bits per heavy atom. The molecule has 8 nitrogen and oxygen atoms in total. The van der Waals surface area contributed by atoms with E-state index in [-0.39, 0.29) is 21.8 Å². The Labute approximate surface area is 138 Å². The summed E-state index contributed by atoms with van der Waals surface area (Å²) in [5, 5.41) is 11.0. The van der Waals surface area contributed by atoms with E-state index in [0.29, 0.717) is 11.1 Å². The SMILES string of the molecule is Cc1ccc(S(=O)(=O)Nc2cccc(C(N)=O)c2C)cc1[N+](=O)[O-]. The highest BCUT2D eigenvalue weighted by Gasteiger charge is 2.21. The fraction of sp³-hybridized carbons (Fsp3) is 0.133. The van der Waals surface area contributed by atoms with Gasteiger partial charge in [0.2, 0.25) is 5.91 Å². The first kappa shape index (κ1) is 17.4. The van der Waals surface area contributed by atoms with Gasteiger partial charge in [-0.1, -0.05) is 12.1 Å². The van der Waals surface area contributed by atoms with E-state index in [0.717, 1.165) is 6.07 Å². The van der Waals surface area contributed by atoms with Crippen LogP contribution >= 0.6 is 0 Å². The Hall–Kier alpha value is -2.94. The second kappa shape index (κ2) is 6.28. The summed E-state index contributed by atoms with van der Waals surface area (Å²) in [4.78, 5) is 21.4. The zero-order valence-electron chi connectivity index (χ0n) is 12.9. The van der Waals surface area contributed by atoms with Gasteiger partial charge in [-0.15, -0.1) is 0 Å². The molecule has 9 heteroatoms. The lowest BCUT2D eigenvalue weighted by atomic mass is 10.1. The lowest BCUT2D eigenvalue weighted by Gasteiger charge is -2.12. The predicted octanol–water partition coefficient (Wildman–Crippen LogP) is 2.11. The number of nitro benzene ring substituents is 1. The van der Waals surface area contributed by atoms with Crippen LogP contribution in [0.3, 0.4) is 0 Å². The van der Waals surface area contributed by atoms with Crippen LogP contribution in [0, 0.1) is 24.0 Å². The number of aryl methyl sites for hydroxylation is 1. The molecule has 0 fully saturated rings. The molecule has 2 aromatic rings. The molecule has 0 saturated heterocycles. The number of sulfonamides is 1. The van der Waals surface area contributed by atoms with Crippen molar-refractivity contribution in [3.63, 3.8) is 0 Å². The fourth-order valence-corrected chi connectivity index (χ4v) is 3.31. The largest absolute Gasteiger partial charge is 0.366 e. The maximum Gasteiger partial charge on any atom is 0.273 e. The van der Waals surface area contributed by atoms with Gasteiger partial charge < -0.3 is 5.73 Å². The fourth-order valence-electron chi connectivity index (χ4n) is 2.17. The number of nitrogens with two attached hydrogens (primary N) is 1. The number of primary amides is 1. The number of hydrogen-bond donors (Lipinski definition) is 2. The average Bonchev–Trinajstić information content (AvgIpc) is 2.48. The molecule has 0 aromatic heterocycles. The molecule has 0 radical (unpaired) electrons. The van der Waals surface area contributed by atoms with Crippen LogP contribution < -0.4 is 10.5 Å². The smallest absolute Gasteiger partial charge is 0.273 e. The van der Waals surface area contributed by atoms with Crippen molar-refractivity contribution in [2.75, 3.05) is 4.72 Å². The normalized spacial score (nSPS) is 11.1. The summed E-state index contributed by atoms with van der Waals surface area (Å²) in [5.74, 6) is -0.681. The summed E-state index contributed by atoms with van der Waals surface area (Å²) in [5.41, 5.74) is 6.03. The van der Waals surface area contributed by atoms with Crippen LogP contribution in [-0.2, 0) is 10.0 Å². The second-order valence-corrected chi connectivity index (χ2v) is 6.84. The quantitative estimate of drug-likeness (QED) is 0.630. The molecule has 3 N–H and O–H groups in total. The zero-order chi connectivity index (χ0) is 18.1. The van der Waals surface area contributed by atoms with Crippen molar-refractivity contribution in [3.8, 4) is 0 Å². The summed E-state index contributed by atoms with van der Waals surface area (Å²) in [6, 6.07) is 8.07. The van der Waals surface area contributed by atoms with E-state index >= 15 is 0 Å². The molecule has 0 saturated carbocycles. The molecule has 0 spiro atoms. The number of carbonyl (C=O) groups is 1. The molecule has 2 aromatic carbocycles. The molecule has 0 aliphatic rings. The van der Waals surface area contributed by atoms with Crippen molar-refractivity contribution >= 4 is 27.3 Å². The number of rotatable bonds is 5. The Kier molecular flexibility index (Phi) is 4.56. The van der Waals surface area contributed by atoms with Crippen molar-refractivity contribution in [3.05, 3.63) is 63.2 Å². The Bertz CT molecular complexity index is 938. The first-order valence-electron chi connectivity index (χ1n) is 6.81. The van der Waals surface area contributed by atoms with Gasteiger partial charge in [-0.25, -0.2) is 8.42 Å². The van der Waals surface area contributed by atoms with Crippen LogP contribution in [0.25, 0.3) is 0 Å². The highest BCUT2D eigenvalue weighted by Crippen LogP contribution is 2.26. The minimum atomic E-state index is -4.06. The topological polar surface area (TPSA) is 132 Å². The van der Waals surface area contributed by atoms with E-state index < -0.39 is 20.9 Å². The van der Waals surface area contributed by atoms with Crippen LogP contribution in [0.2, 0.25) is 0 Å². The number of hydrogen-bond acceptors (Lipinski definition) is 5. The Balaban J connectivity index is 2.47. The standard InChI is InChI=1S/C15H15N3O5S/c1-9-6-7-11(8-14(9)18(20)21)24(22,23)17-13-5-3-4-12(10(13)2)15(16)19/h3-8,17H,1-2H3,(H2,16,19). The highest BCUT2D eigenvalue weighted by molar-refractivity contribution is 7.92. The molecular weight excluding hydrogens is 334 g/mol. The Morgan fingerprint density at radius 3 is 2.46 bits per heavy atom. The van der Waals surface area contributed by atoms with Crippen LogP contribution in [0.1, 0.15) is 21.5 Å². The molecule has 126 valence electrons. The summed E-state index contributed by atoms with van der Waals surface area (Å²) in [7, 11) is -4.06. The van der Waals surface area contributed by atoms with Gasteiger partial charge >= 0.3 is 0 Å². The predicted molar refractivity (Wildman–Crippen MR) is 88.3 cm³/mol. The van der Waals surface area contributed by atoms with Gasteiger partial charge in [0, 0.05) is 17.2 Å². The first-order valence-corrected chi connectivity index (χ1v) is 8.29. The zero-order valence-corrected chi connectivity index (χ0v) is 13.8. The van der Waals surface area contributed by atoms with E-state index in [1.54, 1.807) is 6.92 Å². The van der Waals surface area contributed by atoms with Crippen molar-refractivity contribution in [1.29, 1.82) is 0 Å². The van der Waals surface area contributed by atoms with Gasteiger partial charge in [-0.3, -0.25) is 19.6 Å². The summed E-state index contributed by atoms with van der Waals surface area (Å²) < 4.78 is 27.3. The number of benzene rings is 2. The third-order valence-corrected chi connectivity index (χ3v) is 4.89. The molecule has 0 unspecified atom stereocenters. The number of carbonyl (C=O) groups excluding carboxylic acids is 1. The van der Waals surface area contributed by atoms with Gasteiger partial charge in [0.05, 0.1) is 15.5 Å². The van der Waals surface area contributed by atoms with E-state index in [2.05, 4.69) is 4.72 Å². The van der Waals surface area contributed by atoms with Gasteiger partial charge in [0.15, 0.2) is 0 Å². The molecule has 0 bridgehead atoms. The molecule has 0 atom stereocenters. The number of anilines is 1. The highest BCUT2D eigenvalue weighted by atomic mass is 32.2.